The third kappa shape index (κ3) is 7.25. The fraction of sp³-hybridized carbons (Fsp3) is 0.917. The summed E-state index contributed by atoms with van der Waals surface area (Å²) in [5, 5.41) is 0.0967. The van der Waals surface area contributed by atoms with Crippen LogP contribution in [-0.2, 0) is 32.8 Å². The molecule has 188 valence electrons. The van der Waals surface area contributed by atoms with Gasteiger partial charge in [-0.15, -0.1) is 6.42 Å². The molecule has 1 aliphatic heterocycles. The molecule has 0 saturated carbocycles. The van der Waals surface area contributed by atoms with Crippen LogP contribution < -0.4 is 0 Å². The van der Waals surface area contributed by atoms with E-state index in [-0.39, 0.29) is 18.6 Å². The van der Waals surface area contributed by atoms with E-state index in [0.29, 0.717) is 6.61 Å². The highest BCUT2D eigenvalue weighted by atomic mass is 28.4. The molecule has 1 heterocycles. The van der Waals surface area contributed by atoms with Crippen LogP contribution in [0.5, 0.6) is 0 Å². The molecule has 1 saturated heterocycles. The number of hydrogen-bond donors (Lipinski definition) is 0. The van der Waals surface area contributed by atoms with Gasteiger partial charge in [-0.1, -0.05) is 40.5 Å². The van der Waals surface area contributed by atoms with Crippen molar-refractivity contribution in [2.45, 2.75) is 103 Å². The van der Waals surface area contributed by atoms with Crippen molar-refractivity contribution in [1.29, 1.82) is 0 Å². The van der Waals surface area contributed by atoms with Gasteiger partial charge in [-0.05, 0) is 38.9 Å². The average Bonchev–Trinajstić information content (AvgIpc) is 2.99. The van der Waals surface area contributed by atoms with Crippen molar-refractivity contribution in [1.82, 2.24) is 0 Å². The maximum Gasteiger partial charge on any atom is 0.192 e. The van der Waals surface area contributed by atoms with Gasteiger partial charge in [0.15, 0.2) is 19.7 Å². The van der Waals surface area contributed by atoms with Gasteiger partial charge in [0, 0.05) is 26.2 Å². The minimum absolute atomic E-state index is 0.0369. The molecule has 0 bridgehead atoms. The molecule has 32 heavy (non-hydrogen) atoms. The molecule has 1 fully saturated rings. The molecule has 0 spiro atoms. The third-order valence-corrected chi connectivity index (χ3v) is 11.0. The van der Waals surface area contributed by atoms with Gasteiger partial charge in [0.2, 0.25) is 0 Å². The summed E-state index contributed by atoms with van der Waals surface area (Å²) >= 11 is 0. The highest BCUT2D eigenvalue weighted by molar-refractivity contribution is 6.74. The van der Waals surface area contributed by atoms with E-state index in [0.717, 1.165) is 0 Å². The van der Waals surface area contributed by atoms with Crippen LogP contribution in [0.4, 0.5) is 0 Å². The average molecular weight is 475 g/mol. The molecular weight excluding hydrogens is 428 g/mol. The zero-order chi connectivity index (χ0) is 25.0. The summed E-state index contributed by atoms with van der Waals surface area (Å²) in [7, 11) is 1.18. The lowest BCUT2D eigenvalue weighted by atomic mass is 9.79. The Morgan fingerprint density at radius 1 is 1.00 bits per heavy atom. The van der Waals surface area contributed by atoms with Crippen LogP contribution in [0.1, 0.15) is 55.4 Å². The first kappa shape index (κ1) is 29.5. The summed E-state index contributed by atoms with van der Waals surface area (Å²) in [6.45, 7) is 21.5. The molecule has 8 heteroatoms. The van der Waals surface area contributed by atoms with E-state index >= 15 is 0 Å². The van der Waals surface area contributed by atoms with Crippen LogP contribution >= 0.6 is 0 Å². The third-order valence-electron chi connectivity index (χ3n) is 6.48. The Kier molecular flexibility index (Phi) is 9.99. The van der Waals surface area contributed by atoms with Gasteiger partial charge in [-0.2, -0.15) is 0 Å². The van der Waals surface area contributed by atoms with Gasteiger partial charge in [0.1, 0.15) is 25.8 Å². The summed E-state index contributed by atoms with van der Waals surface area (Å²) < 4.78 is 41.7. The second-order valence-electron chi connectivity index (χ2n) is 11.4. The van der Waals surface area contributed by atoms with E-state index in [1.165, 1.54) is 0 Å². The normalized spacial score (nSPS) is 24.7. The van der Waals surface area contributed by atoms with Crippen LogP contribution in [-0.4, -0.2) is 72.4 Å². The van der Waals surface area contributed by atoms with Gasteiger partial charge < -0.3 is 32.8 Å². The molecule has 7 nitrogen and oxygen atoms in total. The highest BCUT2D eigenvalue weighted by Gasteiger charge is 2.57. The molecular formula is C24H46O7Si. The summed E-state index contributed by atoms with van der Waals surface area (Å²) in [5.41, 5.74) is -1.52. The van der Waals surface area contributed by atoms with E-state index < -0.39 is 43.4 Å². The predicted octanol–water partition coefficient (Wildman–Crippen LogP) is 4.56. The Hall–Kier alpha value is -0.503. The molecule has 0 aromatic rings. The maximum atomic E-state index is 6.57. The van der Waals surface area contributed by atoms with E-state index in [2.05, 4.69) is 53.6 Å². The van der Waals surface area contributed by atoms with Crippen LogP contribution in [0.2, 0.25) is 18.1 Å². The van der Waals surface area contributed by atoms with Crippen molar-refractivity contribution in [2.24, 2.45) is 5.41 Å². The van der Waals surface area contributed by atoms with E-state index in [1.807, 2.05) is 13.8 Å². The van der Waals surface area contributed by atoms with Crippen LogP contribution in [0.3, 0.4) is 0 Å². The molecule has 0 amide bonds. The Morgan fingerprint density at radius 3 is 2.03 bits per heavy atom. The molecule has 1 aliphatic rings. The Labute approximate surface area is 196 Å². The first-order valence-electron chi connectivity index (χ1n) is 11.2. The van der Waals surface area contributed by atoms with Crippen molar-refractivity contribution in [2.75, 3.05) is 34.4 Å². The van der Waals surface area contributed by atoms with E-state index in [1.54, 1.807) is 21.1 Å². The van der Waals surface area contributed by atoms with E-state index in [4.69, 9.17) is 39.3 Å². The molecule has 0 aromatic carbocycles. The lowest BCUT2D eigenvalue weighted by molar-refractivity contribution is -0.193. The summed E-state index contributed by atoms with van der Waals surface area (Å²) in [6, 6.07) is 0. The monoisotopic (exact) mass is 474 g/mol. The molecule has 0 aliphatic carbocycles. The molecule has 0 N–H and O–H groups in total. The zero-order valence-electron chi connectivity index (χ0n) is 22.3. The molecule has 1 rings (SSSR count). The topological polar surface area (TPSA) is 64.6 Å². The summed E-state index contributed by atoms with van der Waals surface area (Å²) in [6.07, 6.45) is 4.36. The minimum atomic E-state index is -1.97. The number of terminal acetylenes is 1. The van der Waals surface area contributed by atoms with Crippen molar-refractivity contribution in [3.05, 3.63) is 0 Å². The van der Waals surface area contributed by atoms with Crippen molar-refractivity contribution in [3.8, 4) is 12.3 Å². The fourth-order valence-corrected chi connectivity index (χ4v) is 4.56. The number of hydrogen-bond acceptors (Lipinski definition) is 7. The lowest BCUT2D eigenvalue weighted by Gasteiger charge is -2.44. The maximum absolute atomic E-state index is 6.57. The van der Waals surface area contributed by atoms with Crippen molar-refractivity contribution >= 4 is 8.32 Å². The van der Waals surface area contributed by atoms with Crippen molar-refractivity contribution in [3.63, 3.8) is 0 Å². The van der Waals surface area contributed by atoms with Crippen molar-refractivity contribution < 1.29 is 32.8 Å². The second-order valence-corrected chi connectivity index (χ2v) is 16.2. The minimum Gasteiger partial charge on any atom is -0.416 e. The SMILES string of the molecule is C#C[C@@](C)(OCOC)[C@@H]1OC(C)(C)O[C@@H]1[C@@H](OCOC)C(C)(C)CO[Si](C)(C)C(C)(C)C. The summed E-state index contributed by atoms with van der Waals surface area (Å²) in [4.78, 5) is 0. The molecule has 4 atom stereocenters. The van der Waals surface area contributed by atoms with Gasteiger partial charge in [-0.25, -0.2) is 0 Å². The van der Waals surface area contributed by atoms with Gasteiger partial charge in [0.25, 0.3) is 0 Å². The first-order valence-corrected chi connectivity index (χ1v) is 14.1. The molecule has 0 radical (unpaired) electrons. The Bertz CT molecular complexity index is 635. The Balaban J connectivity index is 3.30. The van der Waals surface area contributed by atoms with Crippen LogP contribution in [0.25, 0.3) is 0 Å². The van der Waals surface area contributed by atoms with Gasteiger partial charge >= 0.3 is 0 Å². The van der Waals surface area contributed by atoms with Crippen LogP contribution in [0.15, 0.2) is 0 Å². The van der Waals surface area contributed by atoms with Gasteiger partial charge in [0.05, 0.1) is 6.10 Å². The zero-order valence-corrected chi connectivity index (χ0v) is 23.3. The molecule has 0 unspecified atom stereocenters. The fourth-order valence-electron chi connectivity index (χ4n) is 3.40. The Morgan fingerprint density at radius 2 is 1.56 bits per heavy atom. The highest BCUT2D eigenvalue weighted by Crippen LogP contribution is 2.43. The van der Waals surface area contributed by atoms with Crippen LogP contribution in [0, 0.1) is 17.8 Å². The number of rotatable bonds is 12. The lowest BCUT2D eigenvalue weighted by Crippen LogP contribution is -2.56. The standard InChI is InChI=1S/C24H46O7Si/c1-14-24(9,28-17-26-11)20-18(30-23(7,8)31-20)19(27-16-25-10)22(5,6)15-29-32(12,13)21(2,3)4/h1,18-20H,15-17H2,2-13H3/t18-,19-,20-,24-/m1/s1. The predicted molar refractivity (Wildman–Crippen MR) is 128 cm³/mol. The van der Waals surface area contributed by atoms with E-state index in [9.17, 15) is 0 Å². The molecule has 0 aromatic heterocycles. The quantitative estimate of drug-likeness (QED) is 0.233. The van der Waals surface area contributed by atoms with Gasteiger partial charge in [-0.3, -0.25) is 0 Å². The second kappa shape index (κ2) is 10.8. The first-order chi connectivity index (χ1) is 14.5. The largest absolute Gasteiger partial charge is 0.416 e. The smallest absolute Gasteiger partial charge is 0.192 e. The number of methoxy groups -OCH3 is 2. The number of ether oxygens (including phenoxy) is 6. The summed E-state index contributed by atoms with van der Waals surface area (Å²) in [5.74, 6) is 1.88.